The topological polar surface area (TPSA) is 0 Å². The molecule has 0 nitrogen and oxygen atoms in total. The Bertz CT molecular complexity index is 2180. The molecular formula is C38H24. The molecule has 0 aliphatic heterocycles. The van der Waals surface area contributed by atoms with Crippen LogP contribution in [0.1, 0.15) is 0 Å². The number of benzene rings is 8. The zero-order valence-corrected chi connectivity index (χ0v) is 20.9. The average molecular weight is 481 g/mol. The minimum atomic E-state index is 1.25. The lowest BCUT2D eigenvalue weighted by Gasteiger charge is -2.17. The fourth-order valence-electron chi connectivity index (χ4n) is 6.26. The van der Waals surface area contributed by atoms with E-state index in [2.05, 4.69) is 146 Å². The van der Waals surface area contributed by atoms with E-state index in [9.17, 15) is 0 Å². The normalized spacial score (nSPS) is 11.7. The number of hydrogen-bond donors (Lipinski definition) is 0. The summed E-state index contributed by atoms with van der Waals surface area (Å²) in [6.45, 7) is 0. The molecule has 8 aromatic rings. The van der Waals surface area contributed by atoms with E-state index in [0.29, 0.717) is 0 Å². The molecule has 0 amide bonds. The Balaban J connectivity index is 1.51. The number of hydrogen-bond acceptors (Lipinski definition) is 0. The van der Waals surface area contributed by atoms with Gasteiger partial charge in [0.2, 0.25) is 0 Å². The van der Waals surface area contributed by atoms with Crippen LogP contribution in [-0.2, 0) is 0 Å². The molecule has 0 aliphatic carbocycles. The standard InChI is InChI=1S/C38H24/c1-2-12-27-22-28(21-20-25(27)10-1)36-23-29-24-37(31-19-9-13-26-11-3-4-14-30(26)31)33-16-6-8-18-35(33)38(29)34-17-7-5-15-32(34)36/h1-24H. The molecule has 0 aliphatic rings. The van der Waals surface area contributed by atoms with Crippen molar-refractivity contribution in [3.05, 3.63) is 146 Å². The van der Waals surface area contributed by atoms with Gasteiger partial charge in [-0.2, -0.15) is 0 Å². The minimum absolute atomic E-state index is 1.25. The van der Waals surface area contributed by atoms with Gasteiger partial charge >= 0.3 is 0 Å². The van der Waals surface area contributed by atoms with Gasteiger partial charge in [0.25, 0.3) is 0 Å². The van der Waals surface area contributed by atoms with E-state index in [4.69, 9.17) is 0 Å². The van der Waals surface area contributed by atoms with E-state index in [1.54, 1.807) is 0 Å². The van der Waals surface area contributed by atoms with Crippen LogP contribution in [0.5, 0.6) is 0 Å². The maximum absolute atomic E-state index is 2.41. The largest absolute Gasteiger partial charge is 0.0616 e. The first-order valence-corrected chi connectivity index (χ1v) is 13.2. The second-order valence-electron chi connectivity index (χ2n) is 10.1. The van der Waals surface area contributed by atoms with Gasteiger partial charge in [-0.15, -0.1) is 0 Å². The highest BCUT2D eigenvalue weighted by molar-refractivity contribution is 6.26. The van der Waals surface area contributed by atoms with Gasteiger partial charge in [0.05, 0.1) is 0 Å². The third-order valence-electron chi connectivity index (χ3n) is 8.00. The lowest BCUT2D eigenvalue weighted by Crippen LogP contribution is -1.90. The maximum Gasteiger partial charge on any atom is -0.00259 e. The molecule has 0 fully saturated rings. The molecular weight excluding hydrogens is 456 g/mol. The first-order valence-electron chi connectivity index (χ1n) is 13.2. The van der Waals surface area contributed by atoms with E-state index in [1.165, 1.54) is 76.1 Å². The molecule has 0 aromatic heterocycles. The summed E-state index contributed by atoms with van der Waals surface area (Å²) < 4.78 is 0. The minimum Gasteiger partial charge on any atom is -0.0616 e. The Morgan fingerprint density at radius 1 is 0.263 bits per heavy atom. The second kappa shape index (κ2) is 8.30. The summed E-state index contributed by atoms with van der Waals surface area (Å²) in [5.41, 5.74) is 5.09. The average Bonchev–Trinajstić information content (AvgIpc) is 2.99. The lowest BCUT2D eigenvalue weighted by atomic mass is 9.86. The predicted octanol–water partition coefficient (Wildman–Crippen LogP) is 10.8. The fourth-order valence-corrected chi connectivity index (χ4v) is 6.26. The van der Waals surface area contributed by atoms with Crippen molar-refractivity contribution < 1.29 is 0 Å². The molecule has 0 bridgehead atoms. The number of fused-ring (bicyclic) bond motifs is 7. The van der Waals surface area contributed by atoms with Crippen molar-refractivity contribution in [2.45, 2.75) is 0 Å². The highest BCUT2D eigenvalue weighted by atomic mass is 14.2. The summed E-state index contributed by atoms with van der Waals surface area (Å²) >= 11 is 0. The molecule has 0 spiro atoms. The predicted molar refractivity (Wildman–Crippen MR) is 165 cm³/mol. The summed E-state index contributed by atoms with van der Waals surface area (Å²) in [4.78, 5) is 0. The molecule has 8 aromatic carbocycles. The van der Waals surface area contributed by atoms with E-state index < -0.39 is 0 Å². The van der Waals surface area contributed by atoms with Gasteiger partial charge in [0.1, 0.15) is 0 Å². The third kappa shape index (κ3) is 3.17. The smallest absolute Gasteiger partial charge is 0.00259 e. The first kappa shape index (κ1) is 21.2. The number of rotatable bonds is 2. The van der Waals surface area contributed by atoms with Crippen LogP contribution in [0.4, 0.5) is 0 Å². The monoisotopic (exact) mass is 480 g/mol. The quantitative estimate of drug-likeness (QED) is 0.216. The van der Waals surface area contributed by atoms with Gasteiger partial charge < -0.3 is 0 Å². The van der Waals surface area contributed by atoms with Crippen molar-refractivity contribution in [2.24, 2.45) is 0 Å². The van der Waals surface area contributed by atoms with Crippen LogP contribution in [-0.4, -0.2) is 0 Å². The second-order valence-corrected chi connectivity index (χ2v) is 10.1. The van der Waals surface area contributed by atoms with Crippen LogP contribution < -0.4 is 0 Å². The summed E-state index contributed by atoms with van der Waals surface area (Å²) in [5.74, 6) is 0. The zero-order valence-electron chi connectivity index (χ0n) is 20.9. The van der Waals surface area contributed by atoms with Gasteiger partial charge in [0.15, 0.2) is 0 Å². The van der Waals surface area contributed by atoms with Crippen molar-refractivity contribution in [3.63, 3.8) is 0 Å². The first-order chi connectivity index (χ1) is 18.8. The van der Waals surface area contributed by atoms with Crippen LogP contribution >= 0.6 is 0 Å². The van der Waals surface area contributed by atoms with Crippen molar-refractivity contribution >= 4 is 53.9 Å². The Morgan fingerprint density at radius 3 is 1.58 bits per heavy atom. The molecule has 0 unspecified atom stereocenters. The van der Waals surface area contributed by atoms with Gasteiger partial charge in [-0.3, -0.25) is 0 Å². The molecule has 0 saturated heterocycles. The van der Waals surface area contributed by atoms with Crippen molar-refractivity contribution in [3.8, 4) is 22.3 Å². The fraction of sp³-hybridized carbons (Fsp3) is 0. The molecule has 0 N–H and O–H groups in total. The van der Waals surface area contributed by atoms with Crippen LogP contribution in [0.25, 0.3) is 76.1 Å². The van der Waals surface area contributed by atoms with Gasteiger partial charge in [-0.05, 0) is 94.3 Å². The summed E-state index contributed by atoms with van der Waals surface area (Å²) in [6, 6.07) is 53.4. The van der Waals surface area contributed by atoms with E-state index in [0.717, 1.165) is 0 Å². The Hall–Kier alpha value is -4.94. The summed E-state index contributed by atoms with van der Waals surface area (Å²) in [6.07, 6.45) is 0. The molecule has 0 heteroatoms. The molecule has 0 saturated carbocycles. The molecule has 0 atom stereocenters. The molecule has 176 valence electrons. The Morgan fingerprint density at radius 2 is 0.816 bits per heavy atom. The Kier molecular flexibility index (Phi) is 4.62. The molecule has 0 heterocycles. The lowest BCUT2D eigenvalue weighted by molar-refractivity contribution is 1.69. The summed E-state index contributed by atoms with van der Waals surface area (Å²) in [5, 5.41) is 12.9. The third-order valence-corrected chi connectivity index (χ3v) is 8.00. The van der Waals surface area contributed by atoms with Gasteiger partial charge in [-0.1, -0.05) is 127 Å². The maximum atomic E-state index is 2.41. The SMILES string of the molecule is c1ccc2cc(-c3cc4cc(-c5cccc6ccccc56)c5ccccc5c4c4ccccc34)ccc2c1. The highest BCUT2D eigenvalue weighted by Gasteiger charge is 2.15. The van der Waals surface area contributed by atoms with Crippen molar-refractivity contribution in [1.82, 2.24) is 0 Å². The molecule has 38 heavy (non-hydrogen) atoms. The van der Waals surface area contributed by atoms with Crippen LogP contribution in [0.15, 0.2) is 146 Å². The zero-order chi connectivity index (χ0) is 25.1. The van der Waals surface area contributed by atoms with E-state index in [-0.39, 0.29) is 0 Å². The Labute approximate surface area is 221 Å². The highest BCUT2D eigenvalue weighted by Crippen LogP contribution is 2.43. The van der Waals surface area contributed by atoms with Gasteiger partial charge in [0, 0.05) is 0 Å². The summed E-state index contributed by atoms with van der Waals surface area (Å²) in [7, 11) is 0. The van der Waals surface area contributed by atoms with Gasteiger partial charge in [-0.25, -0.2) is 0 Å². The molecule has 8 rings (SSSR count). The van der Waals surface area contributed by atoms with E-state index >= 15 is 0 Å². The van der Waals surface area contributed by atoms with Crippen LogP contribution in [0, 0.1) is 0 Å². The van der Waals surface area contributed by atoms with Crippen LogP contribution in [0.2, 0.25) is 0 Å². The van der Waals surface area contributed by atoms with Crippen molar-refractivity contribution in [2.75, 3.05) is 0 Å². The van der Waals surface area contributed by atoms with Crippen molar-refractivity contribution in [1.29, 1.82) is 0 Å². The molecule has 0 radical (unpaired) electrons. The van der Waals surface area contributed by atoms with E-state index in [1.807, 2.05) is 0 Å². The van der Waals surface area contributed by atoms with Crippen LogP contribution in [0.3, 0.4) is 0 Å².